The molecule has 1 atom stereocenters. The van der Waals surface area contributed by atoms with Crippen molar-refractivity contribution in [2.45, 2.75) is 170 Å². The van der Waals surface area contributed by atoms with Gasteiger partial charge in [0, 0.05) is 0 Å². The summed E-state index contributed by atoms with van der Waals surface area (Å²) in [6.45, 7) is 18.2. The van der Waals surface area contributed by atoms with Gasteiger partial charge in [-0.2, -0.15) is 0 Å². The lowest BCUT2D eigenvalue weighted by molar-refractivity contribution is -0.900. The molecule has 0 aliphatic carbocycles. The number of carbonyl (C=O) groups is 1. The van der Waals surface area contributed by atoms with Crippen molar-refractivity contribution in [2.75, 3.05) is 26.2 Å². The molecule has 4 heteroatoms. The van der Waals surface area contributed by atoms with Crippen molar-refractivity contribution in [3.63, 3.8) is 0 Å². The van der Waals surface area contributed by atoms with Gasteiger partial charge in [-0.25, -0.2) is 0 Å². The molecular formula is C32H68NO3+. The Hall–Kier alpha value is -0.610. The molecule has 0 spiro atoms. The van der Waals surface area contributed by atoms with Crippen LogP contribution in [0, 0.1) is 5.41 Å². The fraction of sp³-hybridized carbons (Fsp3) is 0.969. The molecular weight excluding hydrogens is 446 g/mol. The average molecular weight is 515 g/mol. The summed E-state index contributed by atoms with van der Waals surface area (Å²) in [5.74, 6) is -0.279. The van der Waals surface area contributed by atoms with Crippen molar-refractivity contribution < 1.29 is 19.5 Å². The highest BCUT2D eigenvalue weighted by molar-refractivity contribution is 5.75. The molecule has 2 N–H and O–H groups in total. The number of ether oxygens (including phenoxy) is 1. The van der Waals surface area contributed by atoms with Gasteiger partial charge in [-0.15, -0.1) is 0 Å². The standard InChI is InChI=1S/C24H51N.C8H16O3/c1-4-7-10-13-16-19-22-25(23-20-17-14-11-8-5-2)24-21-18-15-12-9-6-3;1-6(9)5-11-7(10)8(2,3)4/h4-24H2,1-3H3;6,9H,5H2,1-4H3/p+1. The lowest BCUT2D eigenvalue weighted by Gasteiger charge is -2.20. The third-order valence-corrected chi connectivity index (χ3v) is 6.72. The quantitative estimate of drug-likeness (QED) is 0.108. The van der Waals surface area contributed by atoms with E-state index in [4.69, 9.17) is 9.84 Å². The van der Waals surface area contributed by atoms with Crippen molar-refractivity contribution in [3.05, 3.63) is 0 Å². The highest BCUT2D eigenvalue weighted by Crippen LogP contribution is 2.15. The Balaban J connectivity index is 0. The zero-order valence-corrected chi connectivity index (χ0v) is 25.9. The molecule has 36 heavy (non-hydrogen) atoms. The molecule has 0 radical (unpaired) electrons. The normalized spacial score (nSPS) is 12.4. The predicted octanol–water partition coefficient (Wildman–Crippen LogP) is 7.91. The largest absolute Gasteiger partial charge is 0.463 e. The van der Waals surface area contributed by atoms with Gasteiger partial charge < -0.3 is 14.7 Å². The second-order valence-electron chi connectivity index (χ2n) is 12.0. The van der Waals surface area contributed by atoms with Crippen LogP contribution >= 0.6 is 0 Å². The number of aliphatic hydroxyl groups is 1. The van der Waals surface area contributed by atoms with Gasteiger partial charge in [-0.1, -0.05) is 97.8 Å². The molecule has 0 saturated carbocycles. The molecule has 0 aromatic heterocycles. The Bertz CT molecular complexity index is 407. The summed E-state index contributed by atoms with van der Waals surface area (Å²) in [6, 6.07) is 0. The highest BCUT2D eigenvalue weighted by atomic mass is 16.5. The minimum absolute atomic E-state index is 0.0795. The van der Waals surface area contributed by atoms with Gasteiger partial charge >= 0.3 is 5.97 Å². The van der Waals surface area contributed by atoms with E-state index in [9.17, 15) is 4.79 Å². The van der Waals surface area contributed by atoms with Gasteiger partial charge in [0.05, 0.1) is 31.2 Å². The van der Waals surface area contributed by atoms with E-state index < -0.39 is 11.5 Å². The summed E-state index contributed by atoms with van der Waals surface area (Å²) < 4.78 is 4.78. The molecule has 0 aromatic rings. The molecule has 1 unspecified atom stereocenters. The summed E-state index contributed by atoms with van der Waals surface area (Å²) in [4.78, 5) is 13.0. The van der Waals surface area contributed by atoms with E-state index in [0.29, 0.717) is 0 Å². The lowest BCUT2D eigenvalue weighted by atomic mass is 9.97. The van der Waals surface area contributed by atoms with Crippen LogP contribution in [-0.4, -0.2) is 43.4 Å². The third kappa shape index (κ3) is 29.6. The Morgan fingerprint density at radius 2 is 0.944 bits per heavy atom. The van der Waals surface area contributed by atoms with Gasteiger partial charge in [-0.05, 0) is 66.2 Å². The molecule has 0 bridgehead atoms. The summed E-state index contributed by atoms with van der Waals surface area (Å²) in [7, 11) is 0. The highest BCUT2D eigenvalue weighted by Gasteiger charge is 2.23. The molecule has 4 nitrogen and oxygen atoms in total. The van der Waals surface area contributed by atoms with Crippen molar-refractivity contribution in [2.24, 2.45) is 5.41 Å². The molecule has 0 heterocycles. The van der Waals surface area contributed by atoms with E-state index in [2.05, 4.69) is 20.8 Å². The number of esters is 1. The van der Waals surface area contributed by atoms with Crippen molar-refractivity contribution in [3.8, 4) is 0 Å². The van der Waals surface area contributed by atoms with Crippen LogP contribution in [0.15, 0.2) is 0 Å². The van der Waals surface area contributed by atoms with Crippen LogP contribution in [-0.2, 0) is 9.53 Å². The predicted molar refractivity (Wildman–Crippen MR) is 158 cm³/mol. The van der Waals surface area contributed by atoms with Crippen LogP contribution in [0.25, 0.3) is 0 Å². The Kier molecular flexibility index (Phi) is 28.6. The Morgan fingerprint density at radius 3 is 1.22 bits per heavy atom. The summed E-state index contributed by atoms with van der Waals surface area (Å²) in [6.07, 6.45) is 25.4. The van der Waals surface area contributed by atoms with Crippen LogP contribution in [0.5, 0.6) is 0 Å². The van der Waals surface area contributed by atoms with Gasteiger partial charge in [0.25, 0.3) is 0 Å². The average Bonchev–Trinajstić information content (AvgIpc) is 2.83. The Labute approximate surface area is 227 Å². The van der Waals surface area contributed by atoms with Crippen LogP contribution < -0.4 is 4.90 Å². The van der Waals surface area contributed by atoms with Gasteiger partial charge in [0.15, 0.2) is 0 Å². The maximum absolute atomic E-state index is 11.0. The molecule has 218 valence electrons. The zero-order chi connectivity index (χ0) is 27.5. The maximum Gasteiger partial charge on any atom is 0.311 e. The number of nitrogens with one attached hydrogen (secondary N) is 1. The van der Waals surface area contributed by atoms with Crippen molar-refractivity contribution in [1.29, 1.82) is 0 Å². The van der Waals surface area contributed by atoms with Gasteiger partial charge in [0.2, 0.25) is 0 Å². The second-order valence-corrected chi connectivity index (χ2v) is 12.0. The van der Waals surface area contributed by atoms with Gasteiger partial charge in [-0.3, -0.25) is 4.79 Å². The van der Waals surface area contributed by atoms with Crippen LogP contribution in [0.4, 0.5) is 0 Å². The first-order valence-corrected chi connectivity index (χ1v) is 15.9. The molecule has 0 fully saturated rings. The van der Waals surface area contributed by atoms with E-state index in [1.165, 1.54) is 135 Å². The molecule has 0 aliphatic rings. The molecule has 0 amide bonds. The smallest absolute Gasteiger partial charge is 0.311 e. The fourth-order valence-electron chi connectivity index (χ4n) is 4.25. The van der Waals surface area contributed by atoms with Crippen molar-refractivity contribution >= 4 is 5.97 Å². The number of carbonyl (C=O) groups excluding carboxylic acids is 1. The number of quaternary nitrogens is 1. The molecule has 0 rings (SSSR count). The summed E-state index contributed by atoms with van der Waals surface area (Å²) in [5, 5.41) is 8.79. The van der Waals surface area contributed by atoms with Crippen LogP contribution in [0.1, 0.15) is 164 Å². The lowest BCUT2D eigenvalue weighted by Crippen LogP contribution is -3.12. The topological polar surface area (TPSA) is 51.0 Å². The van der Waals surface area contributed by atoms with E-state index in [0.717, 1.165) is 0 Å². The monoisotopic (exact) mass is 515 g/mol. The minimum atomic E-state index is -0.582. The molecule has 0 saturated heterocycles. The first-order valence-electron chi connectivity index (χ1n) is 15.9. The zero-order valence-electron chi connectivity index (χ0n) is 25.9. The maximum atomic E-state index is 11.0. The first kappa shape index (κ1) is 37.5. The SMILES string of the molecule is CC(O)COC(=O)C(C)(C)C.CCCCCCCC[NH+](CCCCCCCC)CCCCCCCC. The molecule has 0 aliphatic heterocycles. The summed E-state index contributed by atoms with van der Waals surface area (Å²) >= 11 is 0. The summed E-state index contributed by atoms with van der Waals surface area (Å²) in [5.41, 5.74) is -0.477. The number of rotatable bonds is 23. The number of aliphatic hydroxyl groups excluding tert-OH is 1. The van der Waals surface area contributed by atoms with E-state index in [-0.39, 0.29) is 12.6 Å². The van der Waals surface area contributed by atoms with E-state index in [1.807, 2.05) is 4.90 Å². The number of hydrogen-bond acceptors (Lipinski definition) is 3. The second kappa shape index (κ2) is 27.4. The molecule has 0 aromatic carbocycles. The van der Waals surface area contributed by atoms with E-state index >= 15 is 0 Å². The third-order valence-electron chi connectivity index (χ3n) is 6.72. The first-order chi connectivity index (χ1) is 17.2. The van der Waals surface area contributed by atoms with Crippen LogP contribution in [0.2, 0.25) is 0 Å². The fourth-order valence-corrected chi connectivity index (χ4v) is 4.25. The van der Waals surface area contributed by atoms with Crippen LogP contribution in [0.3, 0.4) is 0 Å². The number of unbranched alkanes of at least 4 members (excludes halogenated alkanes) is 15. The minimum Gasteiger partial charge on any atom is -0.463 e. The van der Waals surface area contributed by atoms with Gasteiger partial charge in [0.1, 0.15) is 6.61 Å². The number of hydrogen-bond donors (Lipinski definition) is 2. The van der Waals surface area contributed by atoms with E-state index in [1.54, 1.807) is 27.7 Å². The Morgan fingerprint density at radius 1 is 0.639 bits per heavy atom. The van der Waals surface area contributed by atoms with Crippen molar-refractivity contribution in [1.82, 2.24) is 0 Å².